The van der Waals surface area contributed by atoms with Crippen molar-refractivity contribution in [3.8, 4) is 0 Å². The lowest BCUT2D eigenvalue weighted by Gasteiger charge is -2.35. The van der Waals surface area contributed by atoms with Crippen LogP contribution in [0.5, 0.6) is 0 Å². The lowest BCUT2D eigenvalue weighted by Crippen LogP contribution is -2.49. The Kier molecular flexibility index (Phi) is 1.83. The summed E-state index contributed by atoms with van der Waals surface area (Å²) in [5, 5.41) is 11.2. The van der Waals surface area contributed by atoms with Crippen LogP contribution in [0.4, 0.5) is 0 Å². The number of β-amino-alcohol motifs (C(OH)–C–C–N with tert-alkyl or cyclic N) is 1. The van der Waals surface area contributed by atoms with Gasteiger partial charge in [-0.2, -0.15) is 0 Å². The fourth-order valence-corrected chi connectivity index (χ4v) is 2.47. The van der Waals surface area contributed by atoms with Gasteiger partial charge in [0.2, 0.25) is 0 Å². The summed E-state index contributed by atoms with van der Waals surface area (Å²) < 4.78 is 2.04. The highest BCUT2D eigenvalue weighted by Crippen LogP contribution is 2.15. The van der Waals surface area contributed by atoms with E-state index in [9.17, 15) is 0 Å². The third kappa shape index (κ3) is 1.33. The third-order valence-corrected chi connectivity index (χ3v) is 3.24. The molecule has 1 saturated heterocycles. The van der Waals surface area contributed by atoms with Crippen LogP contribution >= 0.6 is 11.3 Å². The summed E-state index contributed by atoms with van der Waals surface area (Å²) in [6.45, 7) is 2.42. The molecule has 0 aliphatic carbocycles. The minimum atomic E-state index is -0.126. The first-order valence-electron chi connectivity index (χ1n) is 4.63. The number of aromatic nitrogens is 2. The number of hydrogen-bond donors (Lipinski definition) is 1. The molecule has 5 heteroatoms. The van der Waals surface area contributed by atoms with Crippen molar-refractivity contribution < 1.29 is 5.11 Å². The van der Waals surface area contributed by atoms with Crippen molar-refractivity contribution in [2.24, 2.45) is 0 Å². The van der Waals surface area contributed by atoms with E-state index in [2.05, 4.69) is 16.1 Å². The molecule has 2 aromatic rings. The van der Waals surface area contributed by atoms with Gasteiger partial charge in [0.15, 0.2) is 4.96 Å². The number of hydrogen-bond acceptors (Lipinski definition) is 4. The van der Waals surface area contributed by atoms with Crippen LogP contribution in [0.1, 0.15) is 5.69 Å². The molecular weight excluding hydrogens is 198 g/mol. The maximum atomic E-state index is 9.13. The molecule has 0 spiro atoms. The standard InChI is InChI=1S/C9H11N3OS/c13-8-5-11(6-8)3-7-4-12-1-2-14-9(12)10-7/h1-2,4,8,13H,3,5-6H2. The molecule has 0 radical (unpaired) electrons. The van der Waals surface area contributed by atoms with Crippen LogP contribution in [-0.4, -0.2) is 38.6 Å². The first kappa shape index (κ1) is 8.40. The van der Waals surface area contributed by atoms with E-state index in [1.54, 1.807) is 11.3 Å². The second-order valence-electron chi connectivity index (χ2n) is 3.67. The fourth-order valence-electron chi connectivity index (χ4n) is 1.75. The van der Waals surface area contributed by atoms with Gasteiger partial charge in [-0.05, 0) is 0 Å². The van der Waals surface area contributed by atoms with Crippen molar-refractivity contribution in [2.75, 3.05) is 13.1 Å². The highest BCUT2D eigenvalue weighted by Gasteiger charge is 2.24. The van der Waals surface area contributed by atoms with Crippen LogP contribution in [0.25, 0.3) is 4.96 Å². The van der Waals surface area contributed by atoms with Gasteiger partial charge in [-0.25, -0.2) is 4.98 Å². The topological polar surface area (TPSA) is 40.8 Å². The van der Waals surface area contributed by atoms with Gasteiger partial charge in [0.1, 0.15) is 0 Å². The first-order valence-corrected chi connectivity index (χ1v) is 5.51. The molecule has 14 heavy (non-hydrogen) atoms. The minimum Gasteiger partial charge on any atom is -0.390 e. The highest BCUT2D eigenvalue weighted by molar-refractivity contribution is 7.15. The van der Waals surface area contributed by atoms with Crippen LogP contribution in [0, 0.1) is 0 Å². The fraction of sp³-hybridized carbons (Fsp3) is 0.444. The average Bonchev–Trinajstić information content (AvgIpc) is 2.60. The molecule has 0 unspecified atom stereocenters. The first-order chi connectivity index (χ1) is 6.81. The zero-order chi connectivity index (χ0) is 9.54. The van der Waals surface area contributed by atoms with Gasteiger partial charge >= 0.3 is 0 Å². The lowest BCUT2D eigenvalue weighted by molar-refractivity contribution is -0.00345. The van der Waals surface area contributed by atoms with E-state index in [-0.39, 0.29) is 6.10 Å². The monoisotopic (exact) mass is 209 g/mol. The summed E-state index contributed by atoms with van der Waals surface area (Å²) in [6.07, 6.45) is 3.94. The SMILES string of the molecule is OC1CN(Cc2cn3ccsc3n2)C1. The third-order valence-electron chi connectivity index (χ3n) is 2.47. The number of rotatable bonds is 2. The summed E-state index contributed by atoms with van der Waals surface area (Å²) in [6, 6.07) is 0. The van der Waals surface area contributed by atoms with Gasteiger partial charge in [0.25, 0.3) is 0 Å². The minimum absolute atomic E-state index is 0.126. The van der Waals surface area contributed by atoms with Gasteiger partial charge < -0.3 is 5.11 Å². The van der Waals surface area contributed by atoms with Crippen molar-refractivity contribution >= 4 is 16.3 Å². The van der Waals surface area contributed by atoms with Gasteiger partial charge in [0, 0.05) is 37.4 Å². The van der Waals surface area contributed by atoms with Crippen molar-refractivity contribution in [3.05, 3.63) is 23.5 Å². The van der Waals surface area contributed by atoms with Crippen LogP contribution in [0.15, 0.2) is 17.8 Å². The Balaban J connectivity index is 1.75. The Morgan fingerprint density at radius 2 is 2.43 bits per heavy atom. The number of imidazole rings is 1. The van der Waals surface area contributed by atoms with E-state index in [1.807, 2.05) is 16.0 Å². The molecule has 3 rings (SSSR count). The molecule has 1 N–H and O–H groups in total. The van der Waals surface area contributed by atoms with Crippen molar-refractivity contribution in [2.45, 2.75) is 12.6 Å². The number of likely N-dealkylation sites (tertiary alicyclic amines) is 1. The Labute approximate surface area is 85.4 Å². The molecule has 0 saturated carbocycles. The molecule has 0 bridgehead atoms. The average molecular weight is 209 g/mol. The second-order valence-corrected chi connectivity index (χ2v) is 4.55. The van der Waals surface area contributed by atoms with Crippen LogP contribution in [0.2, 0.25) is 0 Å². The molecule has 4 nitrogen and oxygen atoms in total. The predicted molar refractivity (Wildman–Crippen MR) is 54.4 cm³/mol. The lowest BCUT2D eigenvalue weighted by atomic mass is 10.1. The van der Waals surface area contributed by atoms with Crippen molar-refractivity contribution in [1.82, 2.24) is 14.3 Å². The molecular formula is C9H11N3OS. The van der Waals surface area contributed by atoms with E-state index >= 15 is 0 Å². The van der Waals surface area contributed by atoms with E-state index in [1.165, 1.54) is 0 Å². The molecule has 1 fully saturated rings. The van der Waals surface area contributed by atoms with Gasteiger partial charge in [0.05, 0.1) is 11.8 Å². The second kappa shape index (κ2) is 3.05. The largest absolute Gasteiger partial charge is 0.390 e. The number of fused-ring (bicyclic) bond motifs is 1. The van der Waals surface area contributed by atoms with Crippen LogP contribution in [-0.2, 0) is 6.54 Å². The summed E-state index contributed by atoms with van der Waals surface area (Å²) in [5.41, 5.74) is 1.09. The smallest absolute Gasteiger partial charge is 0.193 e. The van der Waals surface area contributed by atoms with Gasteiger partial charge in [-0.3, -0.25) is 9.30 Å². The van der Waals surface area contributed by atoms with Crippen LogP contribution < -0.4 is 0 Å². The Hall–Kier alpha value is -0.910. The summed E-state index contributed by atoms with van der Waals surface area (Å²) in [5.74, 6) is 0. The summed E-state index contributed by atoms with van der Waals surface area (Å²) >= 11 is 1.65. The van der Waals surface area contributed by atoms with Crippen molar-refractivity contribution in [1.29, 1.82) is 0 Å². The molecule has 0 atom stereocenters. The van der Waals surface area contributed by atoms with Crippen molar-refractivity contribution in [3.63, 3.8) is 0 Å². The molecule has 1 aliphatic heterocycles. The maximum Gasteiger partial charge on any atom is 0.193 e. The van der Waals surface area contributed by atoms with Gasteiger partial charge in [-0.15, -0.1) is 11.3 Å². The predicted octanol–water partition coefficient (Wildman–Crippen LogP) is 0.572. The molecule has 2 aromatic heterocycles. The number of aliphatic hydroxyl groups is 1. The summed E-state index contributed by atoms with van der Waals surface area (Å²) in [7, 11) is 0. The van der Waals surface area contributed by atoms with E-state index in [0.29, 0.717) is 0 Å². The highest BCUT2D eigenvalue weighted by atomic mass is 32.1. The Morgan fingerprint density at radius 3 is 3.14 bits per heavy atom. The Morgan fingerprint density at radius 1 is 1.57 bits per heavy atom. The number of nitrogens with zero attached hydrogens (tertiary/aromatic N) is 3. The van der Waals surface area contributed by atoms with Gasteiger partial charge in [-0.1, -0.05) is 0 Å². The normalized spacial score (nSPS) is 18.9. The van der Waals surface area contributed by atoms with E-state index in [0.717, 1.165) is 30.3 Å². The number of aliphatic hydroxyl groups excluding tert-OH is 1. The molecule has 0 aromatic carbocycles. The van der Waals surface area contributed by atoms with E-state index in [4.69, 9.17) is 5.11 Å². The number of thiazole rings is 1. The summed E-state index contributed by atoms with van der Waals surface area (Å²) in [4.78, 5) is 7.71. The molecule has 3 heterocycles. The quantitative estimate of drug-likeness (QED) is 0.786. The van der Waals surface area contributed by atoms with Crippen LogP contribution in [0.3, 0.4) is 0 Å². The molecule has 0 amide bonds. The Bertz CT molecular complexity index is 415. The zero-order valence-electron chi connectivity index (χ0n) is 7.63. The van der Waals surface area contributed by atoms with E-state index < -0.39 is 0 Å². The zero-order valence-corrected chi connectivity index (χ0v) is 8.44. The maximum absolute atomic E-state index is 9.13. The molecule has 1 aliphatic rings. The molecule has 74 valence electrons.